The van der Waals surface area contributed by atoms with Gasteiger partial charge in [-0.15, -0.1) is 0 Å². The maximum atomic E-state index is 14.7. The number of ether oxygens (including phenoxy) is 1. The van der Waals surface area contributed by atoms with E-state index in [-0.39, 0.29) is 28.5 Å². The van der Waals surface area contributed by atoms with Crippen molar-refractivity contribution in [1.82, 2.24) is 25.1 Å². The first-order valence-corrected chi connectivity index (χ1v) is 14.2. The van der Waals surface area contributed by atoms with Crippen molar-refractivity contribution in [1.29, 1.82) is 0 Å². The lowest BCUT2D eigenvalue weighted by atomic mass is 9.76. The number of halogens is 3. The Kier molecular flexibility index (Phi) is 8.31. The zero-order chi connectivity index (χ0) is 30.1. The van der Waals surface area contributed by atoms with E-state index in [0.29, 0.717) is 56.8 Å². The van der Waals surface area contributed by atoms with Crippen molar-refractivity contribution in [3.63, 3.8) is 0 Å². The number of nitrogens with two attached hydrogens (primary N) is 1. The summed E-state index contributed by atoms with van der Waals surface area (Å²) in [5.74, 6) is -0.971. The lowest BCUT2D eigenvalue weighted by molar-refractivity contribution is -0.198. The number of hydrogen-bond acceptors (Lipinski definition) is 8. The van der Waals surface area contributed by atoms with Gasteiger partial charge in [0.1, 0.15) is 11.9 Å². The second-order valence-electron chi connectivity index (χ2n) is 11.3. The molecule has 2 saturated heterocycles. The van der Waals surface area contributed by atoms with Crippen LogP contribution >= 0.6 is 0 Å². The average molecular weight is 588 g/mol. The Hall–Kier alpha value is -3.87. The summed E-state index contributed by atoms with van der Waals surface area (Å²) in [6.45, 7) is 5.51. The van der Waals surface area contributed by atoms with Gasteiger partial charge in [-0.3, -0.25) is 4.79 Å². The third kappa shape index (κ3) is 6.45. The number of nitrogen functional groups attached to an aromatic ring is 1. The zero-order valence-corrected chi connectivity index (χ0v) is 23.7. The number of anilines is 2. The van der Waals surface area contributed by atoms with Crippen molar-refractivity contribution < 1.29 is 27.8 Å². The average Bonchev–Trinajstić information content (AvgIpc) is 3.56. The minimum Gasteiger partial charge on any atom is -0.480 e. The van der Waals surface area contributed by atoms with Crippen LogP contribution in [0.1, 0.15) is 62.0 Å². The molecule has 4 N–H and O–H groups in total. The quantitative estimate of drug-likeness (QED) is 0.328. The number of carboxylic acid groups (broad SMARTS) is 1. The van der Waals surface area contributed by atoms with Crippen molar-refractivity contribution in [2.45, 2.75) is 70.7 Å². The second kappa shape index (κ2) is 11.8. The number of alkyl halides is 3. The highest BCUT2D eigenvalue weighted by Crippen LogP contribution is 2.42. The van der Waals surface area contributed by atoms with Crippen molar-refractivity contribution in [2.24, 2.45) is 5.41 Å². The molecule has 2 aromatic heterocycles. The Morgan fingerprint density at radius 1 is 1.24 bits per heavy atom. The number of carbonyl (C=O) groups is 1. The number of aryl methyl sites for hydroxylation is 2. The second-order valence-corrected chi connectivity index (χ2v) is 11.3. The summed E-state index contributed by atoms with van der Waals surface area (Å²) >= 11 is 0. The van der Waals surface area contributed by atoms with Crippen LogP contribution in [0.2, 0.25) is 0 Å². The number of aliphatic carboxylic acids is 1. The molecule has 226 valence electrons. The predicted octanol–water partition coefficient (Wildman–Crippen LogP) is 4.61. The number of piperidine rings is 1. The van der Waals surface area contributed by atoms with Crippen LogP contribution in [0.5, 0.6) is 5.88 Å². The van der Waals surface area contributed by atoms with E-state index in [9.17, 15) is 23.1 Å². The molecule has 10 nitrogen and oxygen atoms in total. The van der Waals surface area contributed by atoms with E-state index in [1.807, 2.05) is 17.9 Å². The Labute approximate surface area is 242 Å². The van der Waals surface area contributed by atoms with Crippen LogP contribution in [-0.2, 0) is 11.2 Å². The first kappa shape index (κ1) is 29.6. The van der Waals surface area contributed by atoms with Gasteiger partial charge in [0.05, 0.1) is 11.4 Å². The summed E-state index contributed by atoms with van der Waals surface area (Å²) in [4.78, 5) is 21.6. The molecule has 4 heterocycles. The van der Waals surface area contributed by atoms with E-state index in [4.69, 9.17) is 10.5 Å². The zero-order valence-electron chi connectivity index (χ0n) is 23.7. The van der Waals surface area contributed by atoms with Crippen LogP contribution in [0.4, 0.5) is 24.9 Å². The van der Waals surface area contributed by atoms with Gasteiger partial charge in [-0.25, -0.2) is 4.68 Å². The van der Waals surface area contributed by atoms with Crippen LogP contribution in [0.25, 0.3) is 5.69 Å². The van der Waals surface area contributed by atoms with E-state index in [2.05, 4.69) is 20.4 Å². The predicted molar refractivity (Wildman–Crippen MR) is 151 cm³/mol. The number of nitrogens with one attached hydrogen (secondary N) is 1. The van der Waals surface area contributed by atoms with Crippen molar-refractivity contribution in [2.75, 3.05) is 30.3 Å². The number of nitrogens with zero attached hydrogens (tertiary/aromatic N) is 5. The van der Waals surface area contributed by atoms with Gasteiger partial charge >= 0.3 is 12.1 Å². The largest absolute Gasteiger partial charge is 0.480 e. The highest BCUT2D eigenvalue weighted by atomic mass is 19.4. The number of benzene rings is 1. The topological polar surface area (TPSA) is 131 Å². The van der Waals surface area contributed by atoms with Gasteiger partial charge in [-0.05, 0) is 68.2 Å². The maximum Gasteiger partial charge on any atom is 0.429 e. The molecule has 1 spiro atoms. The number of aromatic nitrogens is 4. The van der Waals surface area contributed by atoms with Crippen LogP contribution in [0.3, 0.4) is 0 Å². The molecule has 2 aliphatic heterocycles. The Balaban J connectivity index is 1.42. The summed E-state index contributed by atoms with van der Waals surface area (Å²) in [6, 6.07) is 7.55. The highest BCUT2D eigenvalue weighted by molar-refractivity contribution is 5.74. The van der Waals surface area contributed by atoms with E-state index in [1.165, 1.54) is 16.8 Å². The third-order valence-corrected chi connectivity index (χ3v) is 8.21. The minimum absolute atomic E-state index is 0.0698. The molecule has 1 unspecified atom stereocenters. The minimum atomic E-state index is -4.77. The normalized spacial score (nSPS) is 19.3. The Morgan fingerprint density at radius 3 is 2.62 bits per heavy atom. The van der Waals surface area contributed by atoms with Gasteiger partial charge in [-0.2, -0.15) is 28.2 Å². The van der Waals surface area contributed by atoms with Gasteiger partial charge in [0.15, 0.2) is 0 Å². The number of carboxylic acids is 1. The van der Waals surface area contributed by atoms with E-state index < -0.39 is 24.3 Å². The van der Waals surface area contributed by atoms with Crippen LogP contribution in [0, 0.1) is 12.3 Å². The van der Waals surface area contributed by atoms with Crippen molar-refractivity contribution in [3.8, 4) is 11.6 Å². The van der Waals surface area contributed by atoms with E-state index in [1.54, 1.807) is 25.3 Å². The Bertz CT molecular complexity index is 1420. The molecule has 5 rings (SSSR count). The van der Waals surface area contributed by atoms with E-state index in [0.717, 1.165) is 18.4 Å². The third-order valence-electron chi connectivity index (χ3n) is 8.21. The molecule has 0 radical (unpaired) electrons. The Morgan fingerprint density at radius 2 is 2.00 bits per heavy atom. The first-order chi connectivity index (χ1) is 20.0. The van der Waals surface area contributed by atoms with Gasteiger partial charge in [-0.1, -0.05) is 19.4 Å². The van der Waals surface area contributed by atoms with Crippen LogP contribution in [0.15, 0.2) is 36.5 Å². The summed E-state index contributed by atoms with van der Waals surface area (Å²) in [5, 5.41) is 16.8. The standard InChI is InChI=1S/C29H36F3N7O3/c1-3-4-5-19-6-7-22(39-11-8-18(2)37-39)20(14-19)25(29(30,31)32)42-24-15-23(35-27(33)36-24)38-12-9-28(10-13-38)16-21(26(40)41)34-17-28/h6-8,11,14-15,21,25,34H,3-5,9-10,12-13,16-17H2,1-2H3,(H,40,41)(H2,33,35,36)/t21?,25-/m1/s1. The van der Waals surface area contributed by atoms with Crippen LogP contribution in [-0.4, -0.2) is 62.7 Å². The smallest absolute Gasteiger partial charge is 0.429 e. The van der Waals surface area contributed by atoms with Gasteiger partial charge < -0.3 is 25.8 Å². The fourth-order valence-electron chi connectivity index (χ4n) is 5.87. The highest BCUT2D eigenvalue weighted by Gasteiger charge is 2.46. The maximum absolute atomic E-state index is 14.7. The molecule has 2 atom stereocenters. The number of rotatable bonds is 9. The monoisotopic (exact) mass is 587 g/mol. The molecule has 0 amide bonds. The molecule has 42 heavy (non-hydrogen) atoms. The summed E-state index contributed by atoms with van der Waals surface area (Å²) in [7, 11) is 0. The molecule has 1 aromatic carbocycles. The molecular weight excluding hydrogens is 551 g/mol. The molecule has 0 saturated carbocycles. The lowest BCUT2D eigenvalue weighted by Crippen LogP contribution is -2.41. The number of hydrogen-bond donors (Lipinski definition) is 3. The summed E-state index contributed by atoms with van der Waals surface area (Å²) < 4.78 is 51.2. The SMILES string of the molecule is CCCCc1ccc(-n2ccc(C)n2)c([C@@H](Oc2cc(N3CCC4(CC3)CNC(C(=O)O)C4)nc(N)n2)C(F)(F)F)c1. The van der Waals surface area contributed by atoms with Crippen molar-refractivity contribution >= 4 is 17.7 Å². The van der Waals surface area contributed by atoms with E-state index >= 15 is 0 Å². The fraction of sp³-hybridized carbons (Fsp3) is 0.517. The molecule has 2 aliphatic rings. The lowest BCUT2D eigenvalue weighted by Gasteiger charge is -2.39. The van der Waals surface area contributed by atoms with Gasteiger partial charge in [0, 0.05) is 37.5 Å². The molecular formula is C29H36F3N7O3. The fourth-order valence-corrected chi connectivity index (χ4v) is 5.87. The van der Waals surface area contributed by atoms with Crippen molar-refractivity contribution in [3.05, 3.63) is 53.3 Å². The molecule has 0 aliphatic carbocycles. The molecule has 2 fully saturated rings. The van der Waals surface area contributed by atoms with Gasteiger partial charge in [0.2, 0.25) is 17.9 Å². The summed E-state index contributed by atoms with van der Waals surface area (Å²) in [6.07, 6.45) is -1.13. The summed E-state index contributed by atoms with van der Waals surface area (Å²) in [5.41, 5.74) is 7.46. The van der Waals surface area contributed by atoms with Gasteiger partial charge in [0.25, 0.3) is 0 Å². The molecule has 3 aromatic rings. The molecule has 0 bridgehead atoms. The first-order valence-electron chi connectivity index (χ1n) is 14.2. The molecule has 13 heteroatoms. The van der Waals surface area contributed by atoms with Crippen LogP contribution < -0.4 is 20.7 Å². The number of unbranched alkanes of at least 4 members (excludes halogenated alkanes) is 1.